The van der Waals surface area contributed by atoms with Gasteiger partial charge in [-0.1, -0.05) is 15.9 Å². The summed E-state index contributed by atoms with van der Waals surface area (Å²) in [7, 11) is 3.23. The monoisotopic (exact) mass is 328 g/mol. The van der Waals surface area contributed by atoms with E-state index in [1.807, 2.05) is 0 Å². The second-order valence-electron chi connectivity index (χ2n) is 4.55. The molecule has 1 aliphatic heterocycles. The van der Waals surface area contributed by atoms with E-state index in [9.17, 15) is 9.90 Å². The number of nitrogens with zero attached hydrogens (tertiary/aromatic N) is 1. The lowest BCUT2D eigenvalue weighted by atomic mass is 10.1. The molecule has 1 aliphatic rings. The van der Waals surface area contributed by atoms with Gasteiger partial charge in [-0.05, 0) is 18.2 Å². The minimum Gasteiger partial charge on any atom is -0.496 e. The smallest absolute Gasteiger partial charge is 0.257 e. The quantitative estimate of drug-likeness (QED) is 0.864. The number of carbonyl (C=O) groups is 1. The van der Waals surface area contributed by atoms with Gasteiger partial charge in [-0.15, -0.1) is 0 Å². The van der Waals surface area contributed by atoms with E-state index in [2.05, 4.69) is 21.2 Å². The van der Waals surface area contributed by atoms with E-state index < -0.39 is 6.10 Å². The van der Waals surface area contributed by atoms with E-state index in [0.29, 0.717) is 24.4 Å². The zero-order valence-electron chi connectivity index (χ0n) is 10.9. The molecule has 19 heavy (non-hydrogen) atoms. The molecule has 2 N–H and O–H groups in total. The predicted octanol–water partition coefficient (Wildman–Crippen LogP) is 0.862. The van der Waals surface area contributed by atoms with Crippen LogP contribution >= 0.6 is 15.9 Å². The number of methoxy groups -OCH3 is 1. The molecular weight excluding hydrogens is 312 g/mol. The van der Waals surface area contributed by atoms with Crippen LogP contribution in [0.2, 0.25) is 0 Å². The lowest BCUT2D eigenvalue weighted by Gasteiger charge is -2.27. The molecule has 104 valence electrons. The maximum absolute atomic E-state index is 12.5. The molecule has 0 bridgehead atoms. The first-order chi connectivity index (χ1) is 9.04. The third kappa shape index (κ3) is 2.91. The van der Waals surface area contributed by atoms with Crippen molar-refractivity contribution in [2.24, 2.45) is 0 Å². The van der Waals surface area contributed by atoms with E-state index in [1.165, 1.54) is 7.11 Å². The summed E-state index contributed by atoms with van der Waals surface area (Å²) in [6.45, 7) is 1.11. The molecule has 0 spiro atoms. The molecule has 2 rings (SSSR count). The predicted molar refractivity (Wildman–Crippen MR) is 75.5 cm³/mol. The number of likely N-dealkylation sites (N-methyl/N-ethyl adjacent to an activating group) is 1. The van der Waals surface area contributed by atoms with Crippen LogP contribution in [0, 0.1) is 0 Å². The van der Waals surface area contributed by atoms with Crippen LogP contribution in [-0.2, 0) is 0 Å². The van der Waals surface area contributed by atoms with Gasteiger partial charge in [0, 0.05) is 24.6 Å². The Labute approximate surface area is 120 Å². The lowest BCUT2D eigenvalue weighted by molar-refractivity contribution is 0.0578. The number of aliphatic hydroxyl groups excluding tert-OH is 1. The molecule has 0 aromatic heterocycles. The molecule has 1 aromatic carbocycles. The molecular formula is C13H17BrN2O3. The molecule has 0 radical (unpaired) electrons. The topological polar surface area (TPSA) is 61.8 Å². The van der Waals surface area contributed by atoms with Crippen molar-refractivity contribution in [3.8, 4) is 5.75 Å². The SMILES string of the molecule is COc1cc(Br)ccc1C(=O)N(C)[C@H]1CNC[C@@H]1O. The number of rotatable bonds is 3. The molecule has 6 heteroatoms. The first kappa shape index (κ1) is 14.3. The van der Waals surface area contributed by atoms with Crippen LogP contribution in [0.1, 0.15) is 10.4 Å². The number of halogens is 1. The summed E-state index contributed by atoms with van der Waals surface area (Å²) in [4.78, 5) is 14.0. The van der Waals surface area contributed by atoms with E-state index in [-0.39, 0.29) is 11.9 Å². The normalized spacial score (nSPS) is 22.3. The molecule has 0 unspecified atom stereocenters. The van der Waals surface area contributed by atoms with Crippen molar-refractivity contribution < 1.29 is 14.6 Å². The maximum atomic E-state index is 12.5. The first-order valence-corrected chi connectivity index (χ1v) is 6.83. The van der Waals surface area contributed by atoms with Crippen molar-refractivity contribution in [3.05, 3.63) is 28.2 Å². The maximum Gasteiger partial charge on any atom is 0.257 e. The standard InChI is InChI=1S/C13H17BrN2O3/c1-16(10-6-15-7-11(10)17)13(18)9-4-3-8(14)5-12(9)19-2/h3-5,10-11,15,17H,6-7H2,1-2H3/t10-,11-/m0/s1. The number of ether oxygens (including phenoxy) is 1. The largest absolute Gasteiger partial charge is 0.496 e. The molecule has 1 saturated heterocycles. The average Bonchev–Trinajstić information content (AvgIpc) is 2.83. The fourth-order valence-corrected chi connectivity index (χ4v) is 2.57. The Bertz CT molecular complexity index is 481. The molecule has 1 heterocycles. The van der Waals surface area contributed by atoms with Gasteiger partial charge in [-0.25, -0.2) is 0 Å². The van der Waals surface area contributed by atoms with Gasteiger partial charge >= 0.3 is 0 Å². The van der Waals surface area contributed by atoms with Crippen LogP contribution < -0.4 is 10.1 Å². The Morgan fingerprint density at radius 3 is 2.84 bits per heavy atom. The van der Waals surface area contributed by atoms with Crippen molar-refractivity contribution >= 4 is 21.8 Å². The fraction of sp³-hybridized carbons (Fsp3) is 0.462. The summed E-state index contributed by atoms with van der Waals surface area (Å²) in [5.74, 6) is 0.365. The van der Waals surface area contributed by atoms with Gasteiger partial charge in [0.1, 0.15) is 5.75 Å². The van der Waals surface area contributed by atoms with Gasteiger partial charge < -0.3 is 20.1 Å². The second-order valence-corrected chi connectivity index (χ2v) is 5.47. The van der Waals surface area contributed by atoms with E-state index in [4.69, 9.17) is 4.74 Å². The second kappa shape index (κ2) is 5.90. The molecule has 1 amide bonds. The molecule has 1 fully saturated rings. The van der Waals surface area contributed by atoms with Crippen LogP contribution in [0.15, 0.2) is 22.7 Å². The average molecular weight is 329 g/mol. The van der Waals surface area contributed by atoms with Crippen LogP contribution in [0.4, 0.5) is 0 Å². The number of carbonyl (C=O) groups excluding carboxylic acids is 1. The van der Waals surface area contributed by atoms with Crippen molar-refractivity contribution in [1.29, 1.82) is 0 Å². The minimum atomic E-state index is -0.532. The highest BCUT2D eigenvalue weighted by Crippen LogP contribution is 2.25. The van der Waals surface area contributed by atoms with Crippen molar-refractivity contribution in [2.75, 3.05) is 27.2 Å². The number of β-amino-alcohol motifs (C(OH)–C–C–N with tert-alkyl or cyclic N) is 1. The fourth-order valence-electron chi connectivity index (χ4n) is 2.23. The number of amides is 1. The number of nitrogens with one attached hydrogen (secondary N) is 1. The highest BCUT2D eigenvalue weighted by atomic mass is 79.9. The van der Waals surface area contributed by atoms with Crippen LogP contribution in [0.25, 0.3) is 0 Å². The third-order valence-electron chi connectivity index (χ3n) is 3.36. The lowest BCUT2D eigenvalue weighted by Crippen LogP contribution is -2.44. The zero-order chi connectivity index (χ0) is 14.0. The minimum absolute atomic E-state index is 0.155. The van der Waals surface area contributed by atoms with Crippen molar-refractivity contribution in [1.82, 2.24) is 10.2 Å². The Morgan fingerprint density at radius 2 is 2.26 bits per heavy atom. The Hall–Kier alpha value is -1.11. The Kier molecular flexibility index (Phi) is 4.44. The summed E-state index contributed by atoms with van der Waals surface area (Å²) in [6.07, 6.45) is -0.532. The third-order valence-corrected chi connectivity index (χ3v) is 3.86. The van der Waals surface area contributed by atoms with Gasteiger partial charge in [-0.3, -0.25) is 4.79 Å². The summed E-state index contributed by atoms with van der Waals surface area (Å²) < 4.78 is 6.08. The number of hydrogen-bond donors (Lipinski definition) is 2. The van der Waals surface area contributed by atoms with Gasteiger partial charge in [0.15, 0.2) is 0 Å². The summed E-state index contributed by atoms with van der Waals surface area (Å²) in [5, 5.41) is 12.9. The van der Waals surface area contributed by atoms with Gasteiger partial charge in [0.05, 0.1) is 24.8 Å². The van der Waals surface area contributed by atoms with Crippen LogP contribution in [-0.4, -0.2) is 55.3 Å². The molecule has 2 atom stereocenters. The van der Waals surface area contributed by atoms with Crippen LogP contribution in [0.3, 0.4) is 0 Å². The molecule has 0 aliphatic carbocycles. The number of aliphatic hydroxyl groups is 1. The molecule has 5 nitrogen and oxygen atoms in total. The Balaban J connectivity index is 2.23. The molecule has 0 saturated carbocycles. The number of hydrogen-bond acceptors (Lipinski definition) is 4. The summed E-state index contributed by atoms with van der Waals surface area (Å²) in [5.41, 5.74) is 0.493. The summed E-state index contributed by atoms with van der Waals surface area (Å²) in [6, 6.07) is 5.06. The highest BCUT2D eigenvalue weighted by molar-refractivity contribution is 9.10. The van der Waals surface area contributed by atoms with Crippen LogP contribution in [0.5, 0.6) is 5.75 Å². The summed E-state index contributed by atoms with van der Waals surface area (Å²) >= 11 is 3.34. The van der Waals surface area contributed by atoms with Gasteiger partial charge in [-0.2, -0.15) is 0 Å². The zero-order valence-corrected chi connectivity index (χ0v) is 12.5. The molecule has 1 aromatic rings. The van der Waals surface area contributed by atoms with Gasteiger partial charge in [0.25, 0.3) is 5.91 Å². The van der Waals surface area contributed by atoms with Crippen molar-refractivity contribution in [3.63, 3.8) is 0 Å². The van der Waals surface area contributed by atoms with E-state index in [1.54, 1.807) is 30.1 Å². The van der Waals surface area contributed by atoms with Crippen molar-refractivity contribution in [2.45, 2.75) is 12.1 Å². The van der Waals surface area contributed by atoms with E-state index in [0.717, 1.165) is 4.47 Å². The van der Waals surface area contributed by atoms with Gasteiger partial charge in [0.2, 0.25) is 0 Å². The Morgan fingerprint density at radius 1 is 1.53 bits per heavy atom. The number of benzene rings is 1. The first-order valence-electron chi connectivity index (χ1n) is 6.04. The van der Waals surface area contributed by atoms with E-state index >= 15 is 0 Å². The highest BCUT2D eigenvalue weighted by Gasteiger charge is 2.32.